The van der Waals surface area contributed by atoms with Crippen LogP contribution in [-0.4, -0.2) is 20.0 Å². The van der Waals surface area contributed by atoms with Gasteiger partial charge in [0.1, 0.15) is 0 Å². The van der Waals surface area contributed by atoms with E-state index in [2.05, 4.69) is 5.32 Å². The van der Waals surface area contributed by atoms with E-state index in [1.54, 1.807) is 18.2 Å². The Morgan fingerprint density at radius 1 is 1.20 bits per heavy atom. The number of nitrogens with one attached hydrogen (secondary N) is 1. The molecule has 0 heterocycles. The van der Waals surface area contributed by atoms with Gasteiger partial charge in [0.2, 0.25) is 0 Å². The summed E-state index contributed by atoms with van der Waals surface area (Å²) in [5, 5.41) is 3.09. The highest BCUT2D eigenvalue weighted by molar-refractivity contribution is 6.36. The number of nitrogen functional groups attached to an aromatic ring is 1. The monoisotopic (exact) mass is 289 g/mol. The molecule has 0 fully saturated rings. The molecule has 0 radical (unpaired) electrons. The minimum absolute atomic E-state index is 0.272. The van der Waals surface area contributed by atoms with E-state index in [4.69, 9.17) is 17.3 Å². The summed E-state index contributed by atoms with van der Waals surface area (Å²) in [5.74, 6) is -0.279. The number of hydrogen-bond acceptors (Lipinski definition) is 3. The molecule has 0 unspecified atom stereocenters. The van der Waals surface area contributed by atoms with Crippen LogP contribution in [-0.2, 0) is 0 Å². The van der Waals surface area contributed by atoms with Gasteiger partial charge in [0.15, 0.2) is 0 Å². The zero-order chi connectivity index (χ0) is 14.7. The van der Waals surface area contributed by atoms with E-state index in [0.29, 0.717) is 16.9 Å². The van der Waals surface area contributed by atoms with E-state index in [1.807, 2.05) is 43.3 Å². The fourth-order valence-electron chi connectivity index (χ4n) is 1.79. The second kappa shape index (κ2) is 5.84. The van der Waals surface area contributed by atoms with Crippen LogP contribution >= 0.6 is 11.6 Å². The van der Waals surface area contributed by atoms with Gasteiger partial charge in [-0.15, -0.1) is 0 Å². The largest absolute Gasteiger partial charge is 0.398 e. The minimum atomic E-state index is -0.279. The Bertz CT molecular complexity index is 641. The molecule has 0 aromatic heterocycles. The van der Waals surface area contributed by atoms with E-state index in [0.717, 1.165) is 5.69 Å². The quantitative estimate of drug-likeness (QED) is 0.853. The molecule has 3 N–H and O–H groups in total. The van der Waals surface area contributed by atoms with Crippen LogP contribution in [0.5, 0.6) is 0 Å². The Hall–Kier alpha value is -2.20. The van der Waals surface area contributed by atoms with Gasteiger partial charge in [-0.05, 0) is 30.3 Å². The molecule has 2 rings (SSSR count). The summed E-state index contributed by atoms with van der Waals surface area (Å²) >= 11 is 6.04. The van der Waals surface area contributed by atoms with Gasteiger partial charge >= 0.3 is 0 Å². The van der Waals surface area contributed by atoms with Crippen LogP contribution in [0.25, 0.3) is 0 Å². The van der Waals surface area contributed by atoms with Crippen molar-refractivity contribution in [1.29, 1.82) is 0 Å². The lowest BCUT2D eigenvalue weighted by molar-refractivity contribution is 0.102. The van der Waals surface area contributed by atoms with E-state index in [1.165, 1.54) is 0 Å². The Balaban J connectivity index is 2.24. The second-order valence-corrected chi connectivity index (χ2v) is 4.99. The molecular weight excluding hydrogens is 274 g/mol. The first-order valence-corrected chi connectivity index (χ1v) is 6.49. The van der Waals surface area contributed by atoms with Gasteiger partial charge in [-0.1, -0.05) is 23.7 Å². The van der Waals surface area contributed by atoms with Crippen molar-refractivity contribution < 1.29 is 4.79 Å². The van der Waals surface area contributed by atoms with Crippen molar-refractivity contribution in [2.24, 2.45) is 0 Å². The lowest BCUT2D eigenvalue weighted by Gasteiger charge is -2.14. The first-order valence-electron chi connectivity index (χ1n) is 6.12. The zero-order valence-corrected chi connectivity index (χ0v) is 12.1. The van der Waals surface area contributed by atoms with E-state index >= 15 is 0 Å². The molecule has 20 heavy (non-hydrogen) atoms. The van der Waals surface area contributed by atoms with Gasteiger partial charge < -0.3 is 16.0 Å². The first kappa shape index (κ1) is 14.2. The number of halogens is 1. The van der Waals surface area contributed by atoms with Crippen LogP contribution in [0, 0.1) is 0 Å². The lowest BCUT2D eigenvalue weighted by Crippen LogP contribution is -2.14. The normalized spacial score (nSPS) is 10.2. The molecule has 2 aromatic rings. The second-order valence-electron chi connectivity index (χ2n) is 4.61. The maximum atomic E-state index is 12.2. The molecule has 104 valence electrons. The lowest BCUT2D eigenvalue weighted by atomic mass is 10.1. The molecule has 0 saturated carbocycles. The van der Waals surface area contributed by atoms with Crippen LogP contribution in [0.15, 0.2) is 42.5 Å². The van der Waals surface area contributed by atoms with Gasteiger partial charge in [0, 0.05) is 25.5 Å². The summed E-state index contributed by atoms with van der Waals surface area (Å²) in [6, 6.07) is 12.6. The number of anilines is 3. The number of rotatable bonds is 3. The van der Waals surface area contributed by atoms with Crippen molar-refractivity contribution in [2.75, 3.05) is 30.0 Å². The average Bonchev–Trinajstić information content (AvgIpc) is 2.42. The third kappa shape index (κ3) is 3.03. The highest BCUT2D eigenvalue weighted by Gasteiger charge is 2.12. The molecular formula is C15H16ClN3O. The van der Waals surface area contributed by atoms with E-state index in [9.17, 15) is 4.79 Å². The summed E-state index contributed by atoms with van der Waals surface area (Å²) in [5.41, 5.74) is 8.16. The highest BCUT2D eigenvalue weighted by Crippen LogP contribution is 2.24. The average molecular weight is 290 g/mol. The SMILES string of the molecule is CN(C)c1cccc(NC(=O)c2cccc(N)c2Cl)c1. The summed E-state index contributed by atoms with van der Waals surface area (Å²) < 4.78 is 0. The smallest absolute Gasteiger partial charge is 0.257 e. The molecule has 0 aliphatic carbocycles. The van der Waals surface area contributed by atoms with Crippen LogP contribution in [0.2, 0.25) is 5.02 Å². The molecule has 0 saturated heterocycles. The molecule has 0 atom stereocenters. The molecule has 0 aliphatic heterocycles. The Kier molecular flexibility index (Phi) is 4.15. The fraction of sp³-hybridized carbons (Fsp3) is 0.133. The summed E-state index contributed by atoms with van der Waals surface area (Å²) in [6.07, 6.45) is 0. The Labute approximate surface area is 123 Å². The number of benzene rings is 2. The van der Waals surface area contributed by atoms with Crippen LogP contribution in [0.4, 0.5) is 17.1 Å². The number of nitrogens with two attached hydrogens (primary N) is 1. The third-order valence-corrected chi connectivity index (χ3v) is 3.32. The van der Waals surface area contributed by atoms with Crippen molar-refractivity contribution in [3.8, 4) is 0 Å². The summed E-state index contributed by atoms with van der Waals surface area (Å²) in [6.45, 7) is 0. The number of carbonyl (C=O) groups excluding carboxylic acids is 1. The number of nitrogens with zero attached hydrogens (tertiary/aromatic N) is 1. The summed E-state index contributed by atoms with van der Waals surface area (Å²) in [7, 11) is 3.88. The number of hydrogen-bond donors (Lipinski definition) is 2. The number of amides is 1. The minimum Gasteiger partial charge on any atom is -0.398 e. The van der Waals surface area contributed by atoms with Crippen molar-refractivity contribution in [1.82, 2.24) is 0 Å². The molecule has 1 amide bonds. The zero-order valence-electron chi connectivity index (χ0n) is 11.4. The van der Waals surface area contributed by atoms with Gasteiger partial charge in [0.25, 0.3) is 5.91 Å². The topological polar surface area (TPSA) is 58.4 Å². The predicted molar refractivity (Wildman–Crippen MR) is 84.6 cm³/mol. The van der Waals surface area contributed by atoms with Crippen LogP contribution in [0.1, 0.15) is 10.4 Å². The molecule has 0 aliphatic rings. The van der Waals surface area contributed by atoms with Crippen molar-refractivity contribution in [3.63, 3.8) is 0 Å². The van der Waals surface area contributed by atoms with Gasteiger partial charge in [-0.3, -0.25) is 4.79 Å². The van der Waals surface area contributed by atoms with Gasteiger partial charge in [-0.25, -0.2) is 0 Å². The van der Waals surface area contributed by atoms with Crippen LogP contribution < -0.4 is 16.0 Å². The molecule has 2 aromatic carbocycles. The third-order valence-electron chi connectivity index (χ3n) is 2.89. The van der Waals surface area contributed by atoms with E-state index < -0.39 is 0 Å². The number of carbonyl (C=O) groups is 1. The van der Waals surface area contributed by atoms with Crippen molar-refractivity contribution in [3.05, 3.63) is 53.1 Å². The molecule has 5 heteroatoms. The van der Waals surface area contributed by atoms with Crippen LogP contribution in [0.3, 0.4) is 0 Å². The van der Waals surface area contributed by atoms with Crippen molar-refractivity contribution in [2.45, 2.75) is 0 Å². The van der Waals surface area contributed by atoms with E-state index in [-0.39, 0.29) is 10.9 Å². The Morgan fingerprint density at radius 3 is 2.60 bits per heavy atom. The van der Waals surface area contributed by atoms with Gasteiger partial charge in [-0.2, -0.15) is 0 Å². The predicted octanol–water partition coefficient (Wildman–Crippen LogP) is 3.24. The summed E-state index contributed by atoms with van der Waals surface area (Å²) in [4.78, 5) is 14.2. The Morgan fingerprint density at radius 2 is 1.90 bits per heavy atom. The maximum Gasteiger partial charge on any atom is 0.257 e. The van der Waals surface area contributed by atoms with Crippen molar-refractivity contribution >= 4 is 34.6 Å². The molecule has 0 bridgehead atoms. The fourth-order valence-corrected chi connectivity index (χ4v) is 2.00. The van der Waals surface area contributed by atoms with Gasteiger partial charge in [0.05, 0.1) is 16.3 Å². The maximum absolute atomic E-state index is 12.2. The highest BCUT2D eigenvalue weighted by atomic mass is 35.5. The first-order chi connectivity index (χ1) is 9.49. The standard InChI is InChI=1S/C15H16ClN3O/c1-19(2)11-6-3-5-10(9-11)18-15(20)12-7-4-8-13(17)14(12)16/h3-9H,17H2,1-2H3,(H,18,20). The molecule has 4 nitrogen and oxygen atoms in total. The molecule has 0 spiro atoms.